The van der Waals surface area contributed by atoms with Gasteiger partial charge in [-0.2, -0.15) is 0 Å². The Balaban J connectivity index is 1.86. The van der Waals surface area contributed by atoms with E-state index in [1.807, 2.05) is 0 Å². The van der Waals surface area contributed by atoms with Crippen LogP contribution in [0.5, 0.6) is 0 Å². The van der Waals surface area contributed by atoms with Gasteiger partial charge in [-0.25, -0.2) is 0 Å². The summed E-state index contributed by atoms with van der Waals surface area (Å²) in [6, 6.07) is 0. The quantitative estimate of drug-likeness (QED) is 0.601. The van der Waals surface area contributed by atoms with Crippen molar-refractivity contribution in [3.05, 3.63) is 12.2 Å². The first-order chi connectivity index (χ1) is 11.4. The molecule has 4 nitrogen and oxygen atoms in total. The van der Waals surface area contributed by atoms with Gasteiger partial charge in [0.15, 0.2) is 5.78 Å². The van der Waals surface area contributed by atoms with Gasteiger partial charge in [-0.15, -0.1) is 0 Å². The van der Waals surface area contributed by atoms with Crippen molar-refractivity contribution >= 4 is 12.1 Å². The molecule has 7 atom stereocenters. The van der Waals surface area contributed by atoms with E-state index in [1.165, 1.54) is 0 Å². The maximum absolute atomic E-state index is 13.1. The van der Waals surface area contributed by atoms with Crippen LogP contribution in [0.2, 0.25) is 0 Å². The highest BCUT2D eigenvalue weighted by atomic mass is 16.3. The fourth-order valence-corrected chi connectivity index (χ4v) is 7.26. The van der Waals surface area contributed by atoms with Crippen molar-refractivity contribution in [2.45, 2.75) is 58.0 Å². The zero-order valence-corrected chi connectivity index (χ0v) is 14.5. The topological polar surface area (TPSA) is 74.6 Å². The molecule has 2 N–H and O–H groups in total. The molecule has 4 aliphatic rings. The molecule has 0 heterocycles. The predicted octanol–water partition coefficient (Wildman–Crippen LogP) is 2.28. The molecule has 2 bridgehead atoms. The van der Waals surface area contributed by atoms with Crippen LogP contribution in [-0.2, 0) is 9.59 Å². The number of aliphatic hydroxyl groups excluding tert-OH is 2. The molecule has 0 aromatic heterocycles. The van der Waals surface area contributed by atoms with Gasteiger partial charge in [0, 0.05) is 17.9 Å². The summed E-state index contributed by atoms with van der Waals surface area (Å²) in [6.45, 7) is 6.14. The van der Waals surface area contributed by atoms with E-state index in [2.05, 4.69) is 13.5 Å². The van der Waals surface area contributed by atoms with Gasteiger partial charge in [0.25, 0.3) is 0 Å². The molecule has 0 saturated heterocycles. The highest BCUT2D eigenvalue weighted by molar-refractivity contribution is 6.04. The van der Waals surface area contributed by atoms with Gasteiger partial charge >= 0.3 is 0 Å². The van der Waals surface area contributed by atoms with Crippen LogP contribution in [0.1, 0.15) is 51.9 Å². The third kappa shape index (κ3) is 1.62. The van der Waals surface area contributed by atoms with E-state index in [9.17, 15) is 19.8 Å². The standard InChI is InChI=1S/C20H28O4/c1-12-13-4-5-15-19(11-22)8-3-7-18(2,10-21)14(19)6-9-20(15,16(12)23)17(13)24/h11,13-15,17,21,24H,1,3-10H2,2H3/t13-,14+,15-,17+,18+,19-,20+/m0/s1. The summed E-state index contributed by atoms with van der Waals surface area (Å²) in [4.78, 5) is 25.5. The van der Waals surface area contributed by atoms with Crippen molar-refractivity contribution in [3.8, 4) is 0 Å². The monoisotopic (exact) mass is 332 g/mol. The van der Waals surface area contributed by atoms with Crippen LogP contribution in [0.3, 0.4) is 0 Å². The normalized spacial score (nSPS) is 53.5. The second kappa shape index (κ2) is 5.01. The minimum Gasteiger partial charge on any atom is -0.396 e. The second-order valence-electron chi connectivity index (χ2n) is 9.06. The number of hydrogen-bond donors (Lipinski definition) is 2. The minimum atomic E-state index is -0.800. The molecule has 4 rings (SSSR count). The summed E-state index contributed by atoms with van der Waals surface area (Å²) in [7, 11) is 0. The molecule has 0 amide bonds. The lowest BCUT2D eigenvalue weighted by Gasteiger charge is -2.63. The maximum atomic E-state index is 13.1. The molecule has 0 aromatic carbocycles. The fourth-order valence-electron chi connectivity index (χ4n) is 7.26. The summed E-state index contributed by atoms with van der Waals surface area (Å²) in [5.41, 5.74) is -1.07. The Morgan fingerprint density at radius 2 is 1.96 bits per heavy atom. The Hall–Kier alpha value is -1.00. The van der Waals surface area contributed by atoms with Crippen LogP contribution in [0.15, 0.2) is 12.2 Å². The number of ketones is 1. The zero-order valence-electron chi connectivity index (χ0n) is 14.5. The number of aldehydes is 1. The summed E-state index contributed by atoms with van der Waals surface area (Å²) in [5, 5.41) is 21.0. The summed E-state index contributed by atoms with van der Waals surface area (Å²) in [5.74, 6) is -0.118. The van der Waals surface area contributed by atoms with E-state index in [0.29, 0.717) is 12.0 Å². The van der Waals surface area contributed by atoms with Gasteiger partial charge in [0.2, 0.25) is 0 Å². The SMILES string of the molecule is C=C1C(=O)[C@@]23CC[C@@H]4[C@@](C)(CO)CCC[C@@]4(C=O)[C@@H]2CC[C@@H]1[C@H]3O. The van der Waals surface area contributed by atoms with Gasteiger partial charge in [0.05, 0.1) is 11.5 Å². The largest absolute Gasteiger partial charge is 0.396 e. The highest BCUT2D eigenvalue weighted by Crippen LogP contribution is 2.70. The Kier molecular flexibility index (Phi) is 3.44. The first-order valence-electron chi connectivity index (χ1n) is 9.36. The lowest BCUT2D eigenvalue weighted by atomic mass is 9.40. The van der Waals surface area contributed by atoms with E-state index >= 15 is 0 Å². The Morgan fingerprint density at radius 1 is 1.21 bits per heavy atom. The van der Waals surface area contributed by atoms with Crippen molar-refractivity contribution in [3.63, 3.8) is 0 Å². The third-order valence-electron chi connectivity index (χ3n) is 8.38. The number of Topliss-reactive ketones (excluding diaryl/α,β-unsaturated/α-hetero) is 1. The molecular formula is C20H28O4. The van der Waals surface area contributed by atoms with Crippen LogP contribution in [0.25, 0.3) is 0 Å². The molecule has 4 saturated carbocycles. The number of carbonyl (C=O) groups is 2. The summed E-state index contributed by atoms with van der Waals surface area (Å²) >= 11 is 0. The average molecular weight is 332 g/mol. The molecule has 0 unspecified atom stereocenters. The van der Waals surface area contributed by atoms with Crippen molar-refractivity contribution in [1.29, 1.82) is 0 Å². The van der Waals surface area contributed by atoms with Crippen molar-refractivity contribution in [2.75, 3.05) is 6.61 Å². The van der Waals surface area contributed by atoms with Gasteiger partial charge in [-0.1, -0.05) is 19.9 Å². The third-order valence-corrected chi connectivity index (χ3v) is 8.38. The Bertz CT molecular complexity index is 613. The Labute approximate surface area is 143 Å². The minimum absolute atomic E-state index is 0.0125. The fraction of sp³-hybridized carbons (Fsp3) is 0.800. The van der Waals surface area contributed by atoms with Crippen molar-refractivity contribution in [2.24, 2.45) is 34.0 Å². The van der Waals surface area contributed by atoms with E-state index in [4.69, 9.17) is 0 Å². The molecule has 132 valence electrons. The van der Waals surface area contributed by atoms with Gasteiger partial charge in [0.1, 0.15) is 6.29 Å². The molecular weight excluding hydrogens is 304 g/mol. The Morgan fingerprint density at radius 3 is 2.62 bits per heavy atom. The molecule has 0 aliphatic heterocycles. The average Bonchev–Trinajstić information content (AvgIpc) is 2.70. The summed E-state index contributed by atoms with van der Waals surface area (Å²) < 4.78 is 0. The van der Waals surface area contributed by atoms with Crippen molar-refractivity contribution < 1.29 is 19.8 Å². The van der Waals surface area contributed by atoms with Crippen LogP contribution < -0.4 is 0 Å². The number of rotatable bonds is 2. The van der Waals surface area contributed by atoms with Crippen molar-refractivity contribution in [1.82, 2.24) is 0 Å². The van der Waals surface area contributed by atoms with Crippen LogP contribution in [0.4, 0.5) is 0 Å². The number of hydrogen-bond acceptors (Lipinski definition) is 4. The second-order valence-corrected chi connectivity index (χ2v) is 9.06. The van der Waals surface area contributed by atoms with E-state index in [1.54, 1.807) is 0 Å². The predicted molar refractivity (Wildman–Crippen MR) is 89.1 cm³/mol. The maximum Gasteiger partial charge on any atom is 0.167 e. The zero-order chi connectivity index (χ0) is 17.3. The number of fused-ring (bicyclic) bond motifs is 3. The molecule has 1 spiro atoms. The molecule has 0 radical (unpaired) electrons. The lowest BCUT2D eigenvalue weighted by Crippen LogP contribution is -2.63. The van der Waals surface area contributed by atoms with Crippen LogP contribution in [0, 0.1) is 34.0 Å². The molecule has 4 heteroatoms. The molecule has 4 aliphatic carbocycles. The van der Waals surface area contributed by atoms with Gasteiger partial charge in [-0.3, -0.25) is 4.79 Å². The first-order valence-corrected chi connectivity index (χ1v) is 9.36. The van der Waals surface area contributed by atoms with Gasteiger partial charge in [-0.05, 0) is 61.3 Å². The van der Waals surface area contributed by atoms with E-state index < -0.39 is 16.9 Å². The summed E-state index contributed by atoms with van der Waals surface area (Å²) in [6.07, 6.45) is 5.93. The van der Waals surface area contributed by atoms with Crippen LogP contribution in [-0.4, -0.2) is 35.0 Å². The highest BCUT2D eigenvalue weighted by Gasteiger charge is 2.71. The smallest absolute Gasteiger partial charge is 0.167 e. The molecule has 24 heavy (non-hydrogen) atoms. The van der Waals surface area contributed by atoms with E-state index in [-0.39, 0.29) is 35.6 Å². The van der Waals surface area contributed by atoms with Crippen LogP contribution >= 0.6 is 0 Å². The number of aliphatic hydroxyl groups is 2. The lowest BCUT2D eigenvalue weighted by molar-refractivity contribution is -0.193. The molecule has 0 aromatic rings. The molecule has 4 fully saturated rings. The number of carbonyl (C=O) groups excluding carboxylic acids is 2. The first kappa shape index (κ1) is 16.5. The van der Waals surface area contributed by atoms with Gasteiger partial charge < -0.3 is 15.0 Å². The van der Waals surface area contributed by atoms with E-state index in [0.717, 1.165) is 44.8 Å².